The van der Waals surface area contributed by atoms with E-state index in [9.17, 15) is 0 Å². The summed E-state index contributed by atoms with van der Waals surface area (Å²) in [5.41, 5.74) is 0. The van der Waals surface area contributed by atoms with Crippen molar-refractivity contribution in [2.24, 2.45) is 0 Å². The molecule has 0 aliphatic carbocycles. The van der Waals surface area contributed by atoms with Gasteiger partial charge in [0.15, 0.2) is 0 Å². The highest BCUT2D eigenvalue weighted by Gasteiger charge is 2.04. The van der Waals surface area contributed by atoms with Gasteiger partial charge in [-0.1, -0.05) is 11.6 Å². The first-order valence-electron chi connectivity index (χ1n) is 5.23. The van der Waals surface area contributed by atoms with Gasteiger partial charge >= 0.3 is 0 Å². The zero-order chi connectivity index (χ0) is 11.3. The third-order valence-corrected chi connectivity index (χ3v) is 3.51. The third-order valence-electron chi connectivity index (χ3n) is 2.21. The van der Waals surface area contributed by atoms with Crippen molar-refractivity contribution in [1.82, 2.24) is 5.32 Å². The minimum absolute atomic E-state index is 0.274. The first-order chi connectivity index (χ1) is 7.08. The van der Waals surface area contributed by atoms with Crippen molar-refractivity contribution in [3.05, 3.63) is 21.3 Å². The van der Waals surface area contributed by atoms with Gasteiger partial charge in [-0.2, -0.15) is 0 Å². The van der Waals surface area contributed by atoms with Crippen LogP contribution in [0, 0.1) is 0 Å². The number of aliphatic hydroxyl groups is 1. The van der Waals surface area contributed by atoms with Crippen LogP contribution < -0.4 is 5.32 Å². The maximum Gasteiger partial charge on any atom is 0.0931 e. The van der Waals surface area contributed by atoms with E-state index < -0.39 is 0 Å². The summed E-state index contributed by atoms with van der Waals surface area (Å²) in [6.45, 7) is 4.59. The molecule has 1 heterocycles. The Morgan fingerprint density at radius 2 is 2.20 bits per heavy atom. The lowest BCUT2D eigenvalue weighted by atomic mass is 10.1. The van der Waals surface area contributed by atoms with Gasteiger partial charge in [-0.3, -0.25) is 0 Å². The van der Waals surface area contributed by atoms with Crippen LogP contribution in [0.3, 0.4) is 0 Å². The molecule has 15 heavy (non-hydrogen) atoms. The van der Waals surface area contributed by atoms with Crippen LogP contribution in [-0.2, 0) is 6.42 Å². The molecule has 2 atom stereocenters. The van der Waals surface area contributed by atoms with Crippen molar-refractivity contribution >= 4 is 22.9 Å². The lowest BCUT2D eigenvalue weighted by Crippen LogP contribution is -2.32. The summed E-state index contributed by atoms with van der Waals surface area (Å²) in [6, 6.07) is 4.45. The standard InChI is InChI=1S/C11H18ClNOS/c1-8(13-7-9(2)14)3-4-10-5-6-11(12)15-10/h5-6,8-9,13-14H,3-4,7H2,1-2H3/t8?,9-/m1/s1. The summed E-state index contributed by atoms with van der Waals surface area (Å²) in [6.07, 6.45) is 1.85. The van der Waals surface area contributed by atoms with Crippen molar-refractivity contribution in [3.8, 4) is 0 Å². The Balaban J connectivity index is 2.19. The second-order valence-electron chi connectivity index (χ2n) is 3.90. The fourth-order valence-corrected chi connectivity index (χ4v) is 2.42. The minimum Gasteiger partial charge on any atom is -0.392 e. The molecule has 0 spiro atoms. The summed E-state index contributed by atoms with van der Waals surface area (Å²) >= 11 is 7.49. The molecule has 2 nitrogen and oxygen atoms in total. The maximum atomic E-state index is 9.11. The molecule has 0 aromatic carbocycles. The number of thiophene rings is 1. The molecular formula is C11H18ClNOS. The number of hydrogen-bond donors (Lipinski definition) is 2. The van der Waals surface area contributed by atoms with Crippen LogP contribution in [0.1, 0.15) is 25.1 Å². The van der Waals surface area contributed by atoms with E-state index >= 15 is 0 Å². The molecule has 1 aromatic heterocycles. The number of hydrogen-bond acceptors (Lipinski definition) is 3. The molecular weight excluding hydrogens is 230 g/mol. The predicted molar refractivity (Wildman–Crippen MR) is 66.8 cm³/mol. The van der Waals surface area contributed by atoms with E-state index in [1.807, 2.05) is 6.07 Å². The average Bonchev–Trinajstić information content (AvgIpc) is 2.58. The molecule has 1 aromatic rings. The van der Waals surface area contributed by atoms with E-state index in [-0.39, 0.29) is 6.10 Å². The van der Waals surface area contributed by atoms with Crippen molar-refractivity contribution < 1.29 is 5.11 Å². The monoisotopic (exact) mass is 247 g/mol. The normalized spacial score (nSPS) is 15.2. The van der Waals surface area contributed by atoms with Crippen LogP contribution >= 0.6 is 22.9 Å². The largest absolute Gasteiger partial charge is 0.392 e. The van der Waals surface area contributed by atoms with Crippen LogP contribution in [0.5, 0.6) is 0 Å². The molecule has 0 bridgehead atoms. The number of rotatable bonds is 6. The highest BCUT2D eigenvalue weighted by atomic mass is 35.5. The average molecular weight is 248 g/mol. The Bertz CT molecular complexity index is 288. The summed E-state index contributed by atoms with van der Waals surface area (Å²) in [5, 5.41) is 12.4. The zero-order valence-electron chi connectivity index (χ0n) is 9.16. The molecule has 0 fully saturated rings. The second kappa shape index (κ2) is 6.48. The number of aryl methyl sites for hydroxylation is 1. The zero-order valence-corrected chi connectivity index (χ0v) is 10.7. The Morgan fingerprint density at radius 3 is 2.73 bits per heavy atom. The Kier molecular flexibility index (Phi) is 5.61. The SMILES string of the molecule is CC(CCc1ccc(Cl)s1)NC[C@@H](C)O. The van der Waals surface area contributed by atoms with E-state index in [0.717, 1.165) is 17.2 Å². The van der Waals surface area contributed by atoms with Crippen molar-refractivity contribution in [2.75, 3.05) is 6.54 Å². The van der Waals surface area contributed by atoms with Crippen LogP contribution in [0.4, 0.5) is 0 Å². The van der Waals surface area contributed by atoms with Gasteiger partial charge in [-0.15, -0.1) is 11.3 Å². The summed E-state index contributed by atoms with van der Waals surface area (Å²) in [7, 11) is 0. The molecule has 0 saturated carbocycles. The topological polar surface area (TPSA) is 32.3 Å². The lowest BCUT2D eigenvalue weighted by molar-refractivity contribution is 0.186. The molecule has 4 heteroatoms. The third kappa shape index (κ3) is 5.52. The van der Waals surface area contributed by atoms with Crippen molar-refractivity contribution in [1.29, 1.82) is 0 Å². The molecule has 0 aliphatic rings. The fourth-order valence-electron chi connectivity index (χ4n) is 1.32. The van der Waals surface area contributed by atoms with Gasteiger partial charge < -0.3 is 10.4 Å². The van der Waals surface area contributed by atoms with Gasteiger partial charge in [0.1, 0.15) is 0 Å². The fraction of sp³-hybridized carbons (Fsp3) is 0.636. The van der Waals surface area contributed by atoms with Crippen LogP contribution in [-0.4, -0.2) is 23.8 Å². The van der Waals surface area contributed by atoms with E-state index in [4.69, 9.17) is 16.7 Å². The smallest absolute Gasteiger partial charge is 0.0931 e. The van der Waals surface area contributed by atoms with Gasteiger partial charge in [-0.25, -0.2) is 0 Å². The lowest BCUT2D eigenvalue weighted by Gasteiger charge is -2.14. The number of nitrogens with one attached hydrogen (secondary N) is 1. The summed E-state index contributed by atoms with van der Waals surface area (Å²) < 4.78 is 0.856. The Hall–Kier alpha value is -0.0900. The molecule has 2 N–H and O–H groups in total. The quantitative estimate of drug-likeness (QED) is 0.810. The molecule has 0 amide bonds. The maximum absolute atomic E-state index is 9.11. The van der Waals surface area contributed by atoms with E-state index in [2.05, 4.69) is 18.3 Å². The summed E-state index contributed by atoms with van der Waals surface area (Å²) in [4.78, 5) is 1.32. The van der Waals surface area contributed by atoms with Gasteiger partial charge in [0.05, 0.1) is 10.4 Å². The van der Waals surface area contributed by atoms with Crippen LogP contribution in [0.25, 0.3) is 0 Å². The molecule has 1 unspecified atom stereocenters. The molecule has 86 valence electrons. The number of aliphatic hydroxyl groups excluding tert-OH is 1. The highest BCUT2D eigenvalue weighted by molar-refractivity contribution is 7.16. The molecule has 0 aliphatic heterocycles. The summed E-state index contributed by atoms with van der Waals surface area (Å²) in [5.74, 6) is 0. The van der Waals surface area contributed by atoms with Crippen LogP contribution in [0.2, 0.25) is 4.34 Å². The van der Waals surface area contributed by atoms with E-state index in [0.29, 0.717) is 12.6 Å². The Morgan fingerprint density at radius 1 is 1.47 bits per heavy atom. The predicted octanol–water partition coefficient (Wildman–Crippen LogP) is 2.69. The Labute approximate surface area is 100 Å². The van der Waals surface area contributed by atoms with Crippen molar-refractivity contribution in [2.45, 2.75) is 38.8 Å². The van der Waals surface area contributed by atoms with Gasteiger partial charge in [0.2, 0.25) is 0 Å². The first kappa shape index (κ1) is 13.0. The molecule has 1 rings (SSSR count). The minimum atomic E-state index is -0.274. The van der Waals surface area contributed by atoms with E-state index in [1.165, 1.54) is 4.88 Å². The van der Waals surface area contributed by atoms with Gasteiger partial charge in [0.25, 0.3) is 0 Å². The molecule has 0 radical (unpaired) electrons. The van der Waals surface area contributed by atoms with E-state index in [1.54, 1.807) is 18.3 Å². The molecule has 0 saturated heterocycles. The van der Waals surface area contributed by atoms with Crippen molar-refractivity contribution in [3.63, 3.8) is 0 Å². The van der Waals surface area contributed by atoms with Crippen LogP contribution in [0.15, 0.2) is 12.1 Å². The highest BCUT2D eigenvalue weighted by Crippen LogP contribution is 2.22. The second-order valence-corrected chi connectivity index (χ2v) is 5.70. The number of halogens is 1. The van der Waals surface area contributed by atoms with Gasteiger partial charge in [0, 0.05) is 17.5 Å². The van der Waals surface area contributed by atoms with Gasteiger partial charge in [-0.05, 0) is 38.8 Å². The first-order valence-corrected chi connectivity index (χ1v) is 6.43.